The summed E-state index contributed by atoms with van der Waals surface area (Å²) in [4.78, 5) is 23.3. The van der Waals surface area contributed by atoms with Crippen molar-refractivity contribution in [1.29, 1.82) is 0 Å². The Morgan fingerprint density at radius 3 is 1.82 bits per heavy atom. The Kier molecular flexibility index (Phi) is 19.5. The van der Waals surface area contributed by atoms with Crippen molar-refractivity contribution in [2.24, 2.45) is 0 Å². The molecule has 0 radical (unpaired) electrons. The SMILES string of the molecule is CCCCCCCCCCCCCCCC(=O)OCC(C)(O)COP(=O)(O)OCCN(C)C. The smallest absolute Gasteiger partial charge is 0.463 e. The molecule has 0 spiro atoms. The van der Waals surface area contributed by atoms with E-state index in [4.69, 9.17) is 13.8 Å². The summed E-state index contributed by atoms with van der Waals surface area (Å²) in [6.07, 6.45) is 16.4. The van der Waals surface area contributed by atoms with Crippen molar-refractivity contribution in [3.05, 3.63) is 0 Å². The zero-order chi connectivity index (χ0) is 25.0. The van der Waals surface area contributed by atoms with Gasteiger partial charge in [0.1, 0.15) is 12.2 Å². The van der Waals surface area contributed by atoms with E-state index in [0.29, 0.717) is 13.0 Å². The maximum absolute atomic E-state index is 11.9. The van der Waals surface area contributed by atoms with Gasteiger partial charge in [0.15, 0.2) is 0 Å². The van der Waals surface area contributed by atoms with Crippen LogP contribution in [0.2, 0.25) is 0 Å². The summed E-state index contributed by atoms with van der Waals surface area (Å²) in [6, 6.07) is 0. The molecular formula is C24H50NO7P. The maximum atomic E-state index is 11.9. The number of likely N-dealkylation sites (N-methyl/N-ethyl adjacent to an activating group) is 1. The van der Waals surface area contributed by atoms with Gasteiger partial charge in [0.05, 0.1) is 13.2 Å². The number of carbonyl (C=O) groups excluding carboxylic acids is 1. The zero-order valence-corrected chi connectivity index (χ0v) is 22.5. The first-order valence-corrected chi connectivity index (χ1v) is 14.2. The molecule has 0 aromatic carbocycles. The standard InChI is InChI=1S/C24H50NO7P/c1-5-6-7-8-9-10-11-12-13-14-15-16-17-18-23(26)30-21-24(2,27)22-32-33(28,29)31-20-19-25(3)4/h27H,5-22H2,1-4H3,(H,28,29). The van der Waals surface area contributed by atoms with Gasteiger partial charge in [0.25, 0.3) is 0 Å². The highest BCUT2D eigenvalue weighted by atomic mass is 31.2. The highest BCUT2D eigenvalue weighted by molar-refractivity contribution is 7.47. The molecule has 0 saturated heterocycles. The number of phosphoric ester groups is 1. The van der Waals surface area contributed by atoms with E-state index in [1.807, 2.05) is 14.1 Å². The molecule has 2 N–H and O–H groups in total. The van der Waals surface area contributed by atoms with Gasteiger partial charge in [-0.2, -0.15) is 0 Å². The summed E-state index contributed by atoms with van der Waals surface area (Å²) in [5.74, 6) is -0.382. The lowest BCUT2D eigenvalue weighted by molar-refractivity contribution is -0.152. The molecule has 0 aliphatic carbocycles. The van der Waals surface area contributed by atoms with Gasteiger partial charge in [-0.1, -0.05) is 84.0 Å². The van der Waals surface area contributed by atoms with Crippen LogP contribution >= 0.6 is 7.82 Å². The van der Waals surface area contributed by atoms with Crippen LogP contribution in [0.5, 0.6) is 0 Å². The molecule has 33 heavy (non-hydrogen) atoms. The van der Waals surface area contributed by atoms with Crippen molar-refractivity contribution in [3.63, 3.8) is 0 Å². The van der Waals surface area contributed by atoms with Gasteiger partial charge < -0.3 is 19.6 Å². The number of ether oxygens (including phenoxy) is 1. The number of carbonyl (C=O) groups is 1. The summed E-state index contributed by atoms with van der Waals surface area (Å²) in [5, 5.41) is 10.2. The fraction of sp³-hybridized carbons (Fsp3) is 0.958. The van der Waals surface area contributed by atoms with E-state index >= 15 is 0 Å². The van der Waals surface area contributed by atoms with Gasteiger partial charge in [-0.15, -0.1) is 0 Å². The molecule has 0 bridgehead atoms. The summed E-state index contributed by atoms with van der Waals surface area (Å²) in [7, 11) is -0.645. The first-order valence-electron chi connectivity index (χ1n) is 12.7. The summed E-state index contributed by atoms with van der Waals surface area (Å²) in [5.41, 5.74) is -1.57. The summed E-state index contributed by atoms with van der Waals surface area (Å²) in [6.45, 7) is 3.33. The molecule has 2 atom stereocenters. The van der Waals surface area contributed by atoms with E-state index in [1.54, 1.807) is 4.90 Å². The van der Waals surface area contributed by atoms with Crippen LogP contribution in [0.3, 0.4) is 0 Å². The molecule has 2 unspecified atom stereocenters. The molecule has 8 nitrogen and oxygen atoms in total. The molecule has 9 heteroatoms. The monoisotopic (exact) mass is 495 g/mol. The number of esters is 1. The van der Waals surface area contributed by atoms with Crippen LogP contribution in [0, 0.1) is 0 Å². The Morgan fingerprint density at radius 1 is 0.848 bits per heavy atom. The predicted molar refractivity (Wildman–Crippen MR) is 132 cm³/mol. The van der Waals surface area contributed by atoms with Crippen molar-refractivity contribution in [2.45, 2.75) is 109 Å². The molecule has 198 valence electrons. The van der Waals surface area contributed by atoms with Crippen molar-refractivity contribution >= 4 is 13.8 Å². The third kappa shape index (κ3) is 23.0. The molecule has 0 aliphatic rings. The molecule has 0 aromatic rings. The molecule has 0 amide bonds. The van der Waals surface area contributed by atoms with E-state index in [2.05, 4.69) is 6.92 Å². The maximum Gasteiger partial charge on any atom is 0.472 e. The third-order valence-electron chi connectivity index (χ3n) is 5.36. The molecule has 0 rings (SSSR count). The van der Waals surface area contributed by atoms with E-state index in [0.717, 1.165) is 19.3 Å². The first kappa shape index (κ1) is 32.5. The van der Waals surface area contributed by atoms with Crippen LogP contribution in [0.4, 0.5) is 0 Å². The third-order valence-corrected chi connectivity index (χ3v) is 6.32. The molecule has 0 fully saturated rings. The lowest BCUT2D eigenvalue weighted by atomic mass is 10.0. The zero-order valence-electron chi connectivity index (χ0n) is 21.6. The quantitative estimate of drug-likeness (QED) is 0.109. The second-order valence-corrected chi connectivity index (χ2v) is 11.0. The van der Waals surface area contributed by atoms with Crippen molar-refractivity contribution < 1.29 is 33.1 Å². The topological polar surface area (TPSA) is 106 Å². The van der Waals surface area contributed by atoms with Crippen LogP contribution in [0.15, 0.2) is 0 Å². The van der Waals surface area contributed by atoms with E-state index in [1.165, 1.54) is 71.1 Å². The lowest BCUT2D eigenvalue weighted by Crippen LogP contribution is -2.37. The average molecular weight is 496 g/mol. The Balaban J connectivity index is 3.68. The average Bonchev–Trinajstić information content (AvgIpc) is 2.74. The number of nitrogens with zero attached hydrogens (tertiary/aromatic N) is 1. The minimum atomic E-state index is -4.26. The van der Waals surface area contributed by atoms with Gasteiger partial charge in [0.2, 0.25) is 0 Å². The minimum Gasteiger partial charge on any atom is -0.463 e. The number of hydrogen-bond donors (Lipinski definition) is 2. The Hall–Kier alpha value is -0.500. The van der Waals surface area contributed by atoms with Crippen molar-refractivity contribution in [2.75, 3.05) is 40.5 Å². The number of phosphoric acid groups is 1. The van der Waals surface area contributed by atoms with Crippen LogP contribution < -0.4 is 0 Å². The fourth-order valence-electron chi connectivity index (χ4n) is 3.23. The van der Waals surface area contributed by atoms with Crippen molar-refractivity contribution in [1.82, 2.24) is 4.90 Å². The highest BCUT2D eigenvalue weighted by Crippen LogP contribution is 2.43. The van der Waals surface area contributed by atoms with Crippen LogP contribution in [0.25, 0.3) is 0 Å². The van der Waals surface area contributed by atoms with E-state index < -0.39 is 20.0 Å². The Labute approximate surface area is 202 Å². The molecule has 0 saturated carbocycles. The van der Waals surface area contributed by atoms with Crippen LogP contribution in [-0.2, 0) is 23.1 Å². The van der Waals surface area contributed by atoms with Crippen LogP contribution in [0.1, 0.15) is 104 Å². The van der Waals surface area contributed by atoms with Crippen molar-refractivity contribution in [3.8, 4) is 0 Å². The van der Waals surface area contributed by atoms with E-state index in [9.17, 15) is 19.4 Å². The molecule has 0 aliphatic heterocycles. The highest BCUT2D eigenvalue weighted by Gasteiger charge is 2.29. The van der Waals surface area contributed by atoms with E-state index in [-0.39, 0.29) is 19.2 Å². The van der Waals surface area contributed by atoms with Crippen LogP contribution in [-0.4, -0.2) is 66.9 Å². The fourth-order valence-corrected chi connectivity index (χ4v) is 4.06. The van der Waals surface area contributed by atoms with Gasteiger partial charge in [-0.25, -0.2) is 4.57 Å². The molecule has 0 aromatic heterocycles. The largest absolute Gasteiger partial charge is 0.472 e. The normalized spacial score (nSPS) is 15.4. The number of aliphatic hydroxyl groups is 1. The lowest BCUT2D eigenvalue weighted by Gasteiger charge is -2.24. The number of rotatable bonds is 23. The minimum absolute atomic E-state index is 0.0248. The van der Waals surface area contributed by atoms with Gasteiger partial charge in [-0.3, -0.25) is 13.8 Å². The number of hydrogen-bond acceptors (Lipinski definition) is 7. The molecule has 0 heterocycles. The summed E-state index contributed by atoms with van der Waals surface area (Å²) >= 11 is 0. The second kappa shape index (κ2) is 19.8. The predicted octanol–water partition coefficient (Wildman–Crippen LogP) is 5.46. The first-order chi connectivity index (χ1) is 15.6. The Bertz CT molecular complexity index is 529. The molecular weight excluding hydrogens is 445 g/mol. The van der Waals surface area contributed by atoms with Gasteiger partial charge in [-0.05, 0) is 27.4 Å². The Morgan fingerprint density at radius 2 is 1.33 bits per heavy atom. The summed E-state index contributed by atoms with van der Waals surface area (Å²) < 4.78 is 26.5. The second-order valence-electron chi connectivity index (χ2n) is 9.53. The van der Waals surface area contributed by atoms with Gasteiger partial charge >= 0.3 is 13.8 Å². The number of unbranched alkanes of at least 4 members (excludes halogenated alkanes) is 12. The van der Waals surface area contributed by atoms with Gasteiger partial charge in [0, 0.05) is 13.0 Å².